The van der Waals surface area contributed by atoms with Crippen molar-refractivity contribution in [3.8, 4) is 0 Å². The van der Waals surface area contributed by atoms with Crippen molar-refractivity contribution >= 4 is 28.5 Å². The summed E-state index contributed by atoms with van der Waals surface area (Å²) >= 11 is 0. The number of imidazole rings is 1. The fourth-order valence-corrected chi connectivity index (χ4v) is 4.21. The Hall–Kier alpha value is -3.93. The van der Waals surface area contributed by atoms with Crippen LogP contribution in [0.5, 0.6) is 0 Å². The maximum absolute atomic E-state index is 13.1. The molecule has 35 heavy (non-hydrogen) atoms. The van der Waals surface area contributed by atoms with Crippen molar-refractivity contribution in [1.82, 2.24) is 14.9 Å². The van der Waals surface area contributed by atoms with Gasteiger partial charge >= 0.3 is 0 Å². The first kappa shape index (κ1) is 24.2. The zero-order valence-corrected chi connectivity index (χ0v) is 20.5. The van der Waals surface area contributed by atoms with Crippen LogP contribution in [0.1, 0.15) is 67.3 Å². The standard InChI is InChI=1S/C29H32N4O2/c1-4-10-25(32-29(35)22-11-6-5-7-12-22)28-31-24-13-8-9-14-26(24)33(28)19-27(34)30-23-17-15-21(16-18-23)20(2)3/h5-9,11-18,20,25H,4,10,19H2,1-3H3,(H,30,34)(H,32,35)/t25-/m1/s1. The smallest absolute Gasteiger partial charge is 0.251 e. The lowest BCUT2D eigenvalue weighted by Crippen LogP contribution is -2.31. The van der Waals surface area contributed by atoms with E-state index in [2.05, 4.69) is 31.4 Å². The van der Waals surface area contributed by atoms with Crippen LogP contribution in [0.25, 0.3) is 11.0 Å². The number of anilines is 1. The van der Waals surface area contributed by atoms with Crippen LogP contribution in [0, 0.1) is 0 Å². The molecule has 0 saturated heterocycles. The highest BCUT2D eigenvalue weighted by Crippen LogP contribution is 2.25. The number of amides is 2. The fourth-order valence-electron chi connectivity index (χ4n) is 4.21. The van der Waals surface area contributed by atoms with E-state index in [1.807, 2.05) is 71.3 Å². The summed E-state index contributed by atoms with van der Waals surface area (Å²) in [5, 5.41) is 6.14. The van der Waals surface area contributed by atoms with Crippen molar-refractivity contribution in [3.63, 3.8) is 0 Å². The molecule has 0 aliphatic carbocycles. The Balaban J connectivity index is 1.61. The third kappa shape index (κ3) is 5.77. The number of nitrogens with zero attached hydrogens (tertiary/aromatic N) is 2. The molecule has 1 aromatic heterocycles. The number of rotatable bonds is 9. The normalized spacial score (nSPS) is 12.0. The van der Waals surface area contributed by atoms with E-state index in [1.54, 1.807) is 12.1 Å². The van der Waals surface area contributed by atoms with Gasteiger partial charge in [0, 0.05) is 11.3 Å². The summed E-state index contributed by atoms with van der Waals surface area (Å²) in [6, 6.07) is 24.5. The molecule has 1 atom stereocenters. The van der Waals surface area contributed by atoms with E-state index in [1.165, 1.54) is 5.56 Å². The Bertz CT molecular complexity index is 1290. The lowest BCUT2D eigenvalue weighted by atomic mass is 10.0. The van der Waals surface area contributed by atoms with Crippen molar-refractivity contribution < 1.29 is 9.59 Å². The van der Waals surface area contributed by atoms with E-state index in [0.717, 1.165) is 23.1 Å². The van der Waals surface area contributed by atoms with Gasteiger partial charge < -0.3 is 15.2 Å². The quantitative estimate of drug-likeness (QED) is 0.313. The molecule has 0 radical (unpaired) electrons. The summed E-state index contributed by atoms with van der Waals surface area (Å²) < 4.78 is 1.92. The minimum atomic E-state index is -0.321. The van der Waals surface area contributed by atoms with E-state index in [0.29, 0.717) is 23.7 Å². The minimum absolute atomic E-state index is 0.100. The molecule has 4 aromatic rings. The molecule has 1 heterocycles. The number of benzene rings is 3. The zero-order valence-electron chi connectivity index (χ0n) is 20.5. The third-order valence-corrected chi connectivity index (χ3v) is 6.08. The number of para-hydroxylation sites is 2. The SMILES string of the molecule is CCC[C@@H](NC(=O)c1ccccc1)c1nc2ccccc2n1CC(=O)Nc1ccc(C(C)C)cc1. The lowest BCUT2D eigenvalue weighted by molar-refractivity contribution is -0.116. The maximum atomic E-state index is 13.1. The highest BCUT2D eigenvalue weighted by atomic mass is 16.2. The number of carbonyl (C=O) groups is 2. The number of hydrogen-bond donors (Lipinski definition) is 2. The average Bonchev–Trinajstić information content (AvgIpc) is 3.22. The topological polar surface area (TPSA) is 76.0 Å². The molecule has 0 unspecified atom stereocenters. The Kier molecular flexibility index (Phi) is 7.60. The number of carbonyl (C=O) groups excluding carboxylic acids is 2. The van der Waals surface area contributed by atoms with E-state index in [4.69, 9.17) is 4.98 Å². The lowest BCUT2D eigenvalue weighted by Gasteiger charge is -2.20. The second kappa shape index (κ2) is 11.0. The predicted molar refractivity (Wildman–Crippen MR) is 140 cm³/mol. The van der Waals surface area contributed by atoms with Gasteiger partial charge in [0.1, 0.15) is 12.4 Å². The van der Waals surface area contributed by atoms with E-state index >= 15 is 0 Å². The van der Waals surface area contributed by atoms with Crippen molar-refractivity contribution in [3.05, 3.63) is 95.8 Å². The monoisotopic (exact) mass is 468 g/mol. The summed E-state index contributed by atoms with van der Waals surface area (Å²) in [6.07, 6.45) is 1.57. The molecule has 2 N–H and O–H groups in total. The summed E-state index contributed by atoms with van der Waals surface area (Å²) in [5.41, 5.74) is 4.24. The largest absolute Gasteiger partial charge is 0.342 e. The first-order valence-electron chi connectivity index (χ1n) is 12.2. The van der Waals surface area contributed by atoms with Gasteiger partial charge in [-0.3, -0.25) is 9.59 Å². The first-order chi connectivity index (χ1) is 17.0. The Morgan fingerprint density at radius 1 is 0.914 bits per heavy atom. The van der Waals surface area contributed by atoms with Gasteiger partial charge in [-0.2, -0.15) is 0 Å². The Labute approximate surface area is 206 Å². The molecule has 4 rings (SSSR count). The van der Waals surface area contributed by atoms with Gasteiger partial charge in [0.25, 0.3) is 5.91 Å². The van der Waals surface area contributed by atoms with E-state index in [-0.39, 0.29) is 24.4 Å². The van der Waals surface area contributed by atoms with Crippen LogP contribution in [0.15, 0.2) is 78.9 Å². The third-order valence-electron chi connectivity index (χ3n) is 6.08. The van der Waals surface area contributed by atoms with Gasteiger partial charge in [0.05, 0.1) is 17.1 Å². The molecule has 0 aliphatic rings. The summed E-state index contributed by atoms with van der Waals surface area (Å²) in [7, 11) is 0. The van der Waals surface area contributed by atoms with Crippen LogP contribution in [-0.4, -0.2) is 21.4 Å². The molecular formula is C29H32N4O2. The van der Waals surface area contributed by atoms with Crippen LogP contribution < -0.4 is 10.6 Å². The Morgan fingerprint density at radius 2 is 1.60 bits per heavy atom. The number of fused-ring (bicyclic) bond motifs is 1. The van der Waals surface area contributed by atoms with Crippen LogP contribution in [0.2, 0.25) is 0 Å². The summed E-state index contributed by atoms with van der Waals surface area (Å²) in [4.78, 5) is 30.9. The molecule has 6 heteroatoms. The summed E-state index contributed by atoms with van der Waals surface area (Å²) in [5.74, 6) is 0.817. The molecule has 0 spiro atoms. The van der Waals surface area contributed by atoms with Crippen molar-refractivity contribution in [2.75, 3.05) is 5.32 Å². The maximum Gasteiger partial charge on any atom is 0.251 e. The molecule has 6 nitrogen and oxygen atoms in total. The molecule has 0 saturated carbocycles. The van der Waals surface area contributed by atoms with E-state index in [9.17, 15) is 9.59 Å². The molecule has 2 amide bonds. The zero-order chi connectivity index (χ0) is 24.8. The fraction of sp³-hybridized carbons (Fsp3) is 0.276. The molecule has 3 aromatic carbocycles. The minimum Gasteiger partial charge on any atom is -0.342 e. The van der Waals surface area contributed by atoms with Gasteiger partial charge in [-0.05, 0) is 54.3 Å². The highest BCUT2D eigenvalue weighted by molar-refractivity contribution is 5.94. The van der Waals surface area contributed by atoms with Gasteiger partial charge in [-0.25, -0.2) is 4.98 Å². The molecule has 0 aliphatic heterocycles. The average molecular weight is 469 g/mol. The first-order valence-corrected chi connectivity index (χ1v) is 12.2. The molecule has 0 bridgehead atoms. The second-order valence-electron chi connectivity index (χ2n) is 9.05. The van der Waals surface area contributed by atoms with Crippen molar-refractivity contribution in [1.29, 1.82) is 0 Å². The van der Waals surface area contributed by atoms with Gasteiger partial charge in [-0.15, -0.1) is 0 Å². The Morgan fingerprint density at radius 3 is 2.29 bits per heavy atom. The number of hydrogen-bond acceptors (Lipinski definition) is 3. The summed E-state index contributed by atoms with van der Waals surface area (Å²) in [6.45, 7) is 6.45. The van der Waals surface area contributed by atoms with E-state index < -0.39 is 0 Å². The molecule has 0 fully saturated rings. The second-order valence-corrected chi connectivity index (χ2v) is 9.05. The van der Waals surface area contributed by atoms with Gasteiger partial charge in [0.2, 0.25) is 5.91 Å². The molecular weight excluding hydrogens is 436 g/mol. The van der Waals surface area contributed by atoms with Crippen LogP contribution >= 0.6 is 0 Å². The van der Waals surface area contributed by atoms with Crippen LogP contribution in [-0.2, 0) is 11.3 Å². The molecule has 180 valence electrons. The predicted octanol–water partition coefficient (Wildman–Crippen LogP) is 6.07. The number of aromatic nitrogens is 2. The van der Waals surface area contributed by atoms with Crippen LogP contribution in [0.3, 0.4) is 0 Å². The highest BCUT2D eigenvalue weighted by Gasteiger charge is 2.23. The van der Waals surface area contributed by atoms with Crippen molar-refractivity contribution in [2.45, 2.75) is 52.1 Å². The van der Waals surface area contributed by atoms with Crippen molar-refractivity contribution in [2.24, 2.45) is 0 Å². The number of nitrogens with one attached hydrogen (secondary N) is 2. The van der Waals surface area contributed by atoms with Gasteiger partial charge in [0.15, 0.2) is 0 Å². The van der Waals surface area contributed by atoms with Gasteiger partial charge in [-0.1, -0.05) is 69.7 Å². The van der Waals surface area contributed by atoms with Crippen LogP contribution in [0.4, 0.5) is 5.69 Å².